The summed E-state index contributed by atoms with van der Waals surface area (Å²) in [4.78, 5) is 26.6. The van der Waals surface area contributed by atoms with Crippen molar-refractivity contribution in [1.29, 1.82) is 0 Å². The average molecular weight is 275 g/mol. The molecule has 1 heterocycles. The molecule has 1 saturated heterocycles. The number of rotatable bonds is 2. The largest absolute Gasteiger partial charge is 0.324 e. The Bertz CT molecular complexity index is 494. The molecule has 0 aliphatic carbocycles. The van der Waals surface area contributed by atoms with Gasteiger partial charge in [-0.15, -0.1) is 0 Å². The molecule has 20 heavy (non-hydrogen) atoms. The second kappa shape index (κ2) is 6.52. The lowest BCUT2D eigenvalue weighted by atomic mass is 10.1. The molecule has 2 rings (SSSR count). The van der Waals surface area contributed by atoms with Crippen LogP contribution in [-0.4, -0.2) is 47.9 Å². The maximum atomic E-state index is 11.7. The number of urea groups is 1. The van der Waals surface area contributed by atoms with Crippen LogP contribution in [0.25, 0.3) is 0 Å². The van der Waals surface area contributed by atoms with Crippen LogP contribution in [0, 0.1) is 6.92 Å². The van der Waals surface area contributed by atoms with E-state index in [-0.39, 0.29) is 11.9 Å². The monoisotopic (exact) mass is 275 g/mol. The molecule has 0 radical (unpaired) electrons. The number of hydrogen-bond donors (Lipinski definition) is 1. The topological polar surface area (TPSA) is 52.7 Å². The summed E-state index contributed by atoms with van der Waals surface area (Å²) in [6.45, 7) is 7.33. The number of carbonyl (C=O) groups excluding carboxylic acids is 2. The number of nitrogens with zero attached hydrogens (tertiary/aromatic N) is 2. The molecule has 1 fully saturated rings. The first kappa shape index (κ1) is 14.5. The molecule has 108 valence electrons. The van der Waals surface area contributed by atoms with Gasteiger partial charge in [-0.1, -0.05) is 29.8 Å². The van der Waals surface area contributed by atoms with Gasteiger partial charge in [0, 0.05) is 39.6 Å². The Balaban J connectivity index is 1.82. The molecule has 1 N–H and O–H groups in total. The molecule has 0 saturated carbocycles. The molecular weight excluding hydrogens is 254 g/mol. The Morgan fingerprint density at radius 3 is 2.50 bits per heavy atom. The summed E-state index contributed by atoms with van der Waals surface area (Å²) in [7, 11) is 0. The number of carbonyl (C=O) groups is 2. The lowest BCUT2D eigenvalue weighted by Gasteiger charge is -2.34. The first-order chi connectivity index (χ1) is 9.54. The third-order valence-corrected chi connectivity index (χ3v) is 3.43. The van der Waals surface area contributed by atoms with Gasteiger partial charge in [0.05, 0.1) is 0 Å². The van der Waals surface area contributed by atoms with Crippen molar-refractivity contribution in [1.82, 2.24) is 15.1 Å². The number of benzene rings is 1. The molecule has 1 aromatic rings. The van der Waals surface area contributed by atoms with Gasteiger partial charge in [-0.3, -0.25) is 15.0 Å². The van der Waals surface area contributed by atoms with Crippen LogP contribution in [0.15, 0.2) is 24.3 Å². The van der Waals surface area contributed by atoms with E-state index in [1.165, 1.54) is 18.1 Å². The van der Waals surface area contributed by atoms with Gasteiger partial charge in [-0.2, -0.15) is 0 Å². The second-order valence-corrected chi connectivity index (χ2v) is 5.24. The highest BCUT2D eigenvalue weighted by Crippen LogP contribution is 2.10. The van der Waals surface area contributed by atoms with E-state index >= 15 is 0 Å². The van der Waals surface area contributed by atoms with Gasteiger partial charge in [0.15, 0.2) is 0 Å². The molecule has 3 amide bonds. The predicted molar refractivity (Wildman–Crippen MR) is 77.2 cm³/mol. The van der Waals surface area contributed by atoms with E-state index in [1.807, 2.05) is 0 Å². The molecule has 5 nitrogen and oxygen atoms in total. The maximum absolute atomic E-state index is 11.7. The van der Waals surface area contributed by atoms with Gasteiger partial charge >= 0.3 is 6.03 Å². The number of aryl methyl sites for hydroxylation is 1. The van der Waals surface area contributed by atoms with Crippen molar-refractivity contribution in [3.8, 4) is 0 Å². The molecule has 0 atom stereocenters. The summed E-state index contributed by atoms with van der Waals surface area (Å²) >= 11 is 0. The zero-order chi connectivity index (χ0) is 14.5. The minimum absolute atomic E-state index is 0.285. The minimum Gasteiger partial charge on any atom is -0.322 e. The molecule has 1 aliphatic rings. The summed E-state index contributed by atoms with van der Waals surface area (Å²) in [5.74, 6) is -0.308. The lowest BCUT2D eigenvalue weighted by Crippen LogP contribution is -2.52. The van der Waals surface area contributed by atoms with Crippen LogP contribution in [0.2, 0.25) is 0 Å². The molecule has 0 spiro atoms. The van der Waals surface area contributed by atoms with Crippen molar-refractivity contribution in [2.45, 2.75) is 20.4 Å². The van der Waals surface area contributed by atoms with Crippen molar-refractivity contribution in [2.24, 2.45) is 0 Å². The van der Waals surface area contributed by atoms with Gasteiger partial charge in [0.25, 0.3) is 0 Å². The fraction of sp³-hybridized carbons (Fsp3) is 0.467. The standard InChI is InChI=1S/C15H21N3O2/c1-12-4-3-5-14(10-12)11-17-6-8-18(9-7-17)15(20)16-13(2)19/h3-5,10H,6-9,11H2,1-2H3,(H,16,19,20). The number of hydrogen-bond acceptors (Lipinski definition) is 3. The minimum atomic E-state index is -0.308. The van der Waals surface area contributed by atoms with Gasteiger partial charge in [0.2, 0.25) is 5.91 Å². The molecule has 0 bridgehead atoms. The van der Waals surface area contributed by atoms with Crippen molar-refractivity contribution in [3.05, 3.63) is 35.4 Å². The van der Waals surface area contributed by atoms with Crippen LogP contribution >= 0.6 is 0 Å². The second-order valence-electron chi connectivity index (χ2n) is 5.24. The van der Waals surface area contributed by atoms with E-state index in [0.717, 1.165) is 19.6 Å². The molecule has 1 aliphatic heterocycles. The predicted octanol–water partition coefficient (Wildman–Crippen LogP) is 1.37. The first-order valence-electron chi connectivity index (χ1n) is 6.89. The normalized spacial score (nSPS) is 16.0. The summed E-state index contributed by atoms with van der Waals surface area (Å²) in [6.07, 6.45) is 0. The smallest absolute Gasteiger partial charge is 0.322 e. The fourth-order valence-corrected chi connectivity index (χ4v) is 2.41. The van der Waals surface area contributed by atoms with Crippen molar-refractivity contribution < 1.29 is 9.59 Å². The van der Waals surface area contributed by atoms with Crippen molar-refractivity contribution in [2.75, 3.05) is 26.2 Å². The quantitative estimate of drug-likeness (QED) is 0.887. The SMILES string of the molecule is CC(=O)NC(=O)N1CCN(Cc2cccc(C)c2)CC1. The van der Waals surface area contributed by atoms with E-state index in [4.69, 9.17) is 0 Å². The van der Waals surface area contributed by atoms with Gasteiger partial charge < -0.3 is 4.90 Å². The number of piperazine rings is 1. The highest BCUT2D eigenvalue weighted by molar-refractivity contribution is 5.93. The highest BCUT2D eigenvalue weighted by Gasteiger charge is 2.21. The van der Waals surface area contributed by atoms with Crippen LogP contribution in [0.5, 0.6) is 0 Å². The zero-order valence-electron chi connectivity index (χ0n) is 12.1. The van der Waals surface area contributed by atoms with E-state index in [2.05, 4.69) is 41.4 Å². The number of amides is 3. The average Bonchev–Trinajstić information content (AvgIpc) is 2.38. The highest BCUT2D eigenvalue weighted by atomic mass is 16.2. The van der Waals surface area contributed by atoms with Gasteiger partial charge in [-0.25, -0.2) is 4.79 Å². The fourth-order valence-electron chi connectivity index (χ4n) is 2.41. The zero-order valence-corrected chi connectivity index (χ0v) is 12.1. The number of imide groups is 1. The van der Waals surface area contributed by atoms with Gasteiger partial charge in [-0.05, 0) is 12.5 Å². The lowest BCUT2D eigenvalue weighted by molar-refractivity contribution is -0.118. The molecule has 0 unspecified atom stereocenters. The van der Waals surface area contributed by atoms with Gasteiger partial charge in [0.1, 0.15) is 0 Å². The first-order valence-corrected chi connectivity index (χ1v) is 6.89. The molecular formula is C15H21N3O2. The van der Waals surface area contributed by atoms with E-state index in [9.17, 15) is 9.59 Å². The van der Waals surface area contributed by atoms with Crippen molar-refractivity contribution >= 4 is 11.9 Å². The summed E-state index contributed by atoms with van der Waals surface area (Å²) in [5, 5.41) is 2.31. The molecule has 5 heteroatoms. The van der Waals surface area contributed by atoms with E-state index in [1.54, 1.807) is 4.90 Å². The van der Waals surface area contributed by atoms with Crippen LogP contribution in [0.4, 0.5) is 4.79 Å². The molecule has 1 aromatic carbocycles. The Labute approximate surface area is 119 Å². The maximum Gasteiger partial charge on any atom is 0.324 e. The van der Waals surface area contributed by atoms with Crippen LogP contribution in [0.1, 0.15) is 18.1 Å². The third kappa shape index (κ3) is 4.06. The van der Waals surface area contributed by atoms with Crippen LogP contribution < -0.4 is 5.32 Å². The van der Waals surface area contributed by atoms with E-state index < -0.39 is 0 Å². The Morgan fingerprint density at radius 1 is 1.20 bits per heavy atom. The molecule has 0 aromatic heterocycles. The summed E-state index contributed by atoms with van der Waals surface area (Å²) in [5.41, 5.74) is 2.56. The Morgan fingerprint density at radius 2 is 1.90 bits per heavy atom. The Hall–Kier alpha value is -1.88. The summed E-state index contributed by atoms with van der Waals surface area (Å²) in [6, 6.07) is 8.19. The Kier molecular flexibility index (Phi) is 4.74. The summed E-state index contributed by atoms with van der Waals surface area (Å²) < 4.78 is 0. The van der Waals surface area contributed by atoms with Crippen molar-refractivity contribution in [3.63, 3.8) is 0 Å². The van der Waals surface area contributed by atoms with Crippen LogP contribution in [0.3, 0.4) is 0 Å². The third-order valence-electron chi connectivity index (χ3n) is 3.43. The van der Waals surface area contributed by atoms with E-state index in [0.29, 0.717) is 13.1 Å². The number of nitrogens with one attached hydrogen (secondary N) is 1. The van der Waals surface area contributed by atoms with Crippen LogP contribution in [-0.2, 0) is 11.3 Å².